The molecule has 0 spiro atoms. The Hall–Kier alpha value is -3.52. The molecule has 7 nitrogen and oxygen atoms in total. The van der Waals surface area contributed by atoms with Crippen LogP contribution in [0.1, 0.15) is 42.4 Å². The number of hydrogen-bond acceptors (Lipinski definition) is 6. The minimum Gasteiger partial charge on any atom is -0.446 e. The number of thiophene rings is 1. The summed E-state index contributed by atoms with van der Waals surface area (Å²) in [5.41, 5.74) is 3.13. The molecule has 1 atom stereocenters. The van der Waals surface area contributed by atoms with E-state index >= 15 is 0 Å². The van der Waals surface area contributed by atoms with Crippen LogP contribution in [-0.4, -0.2) is 32.6 Å². The predicted octanol–water partition coefficient (Wildman–Crippen LogP) is 5.67. The van der Waals surface area contributed by atoms with Crippen LogP contribution in [0.3, 0.4) is 0 Å². The molecule has 1 aromatic carbocycles. The van der Waals surface area contributed by atoms with Gasteiger partial charge in [0.05, 0.1) is 22.3 Å². The molecule has 0 aliphatic rings. The van der Waals surface area contributed by atoms with Gasteiger partial charge in [-0.05, 0) is 42.0 Å². The fourth-order valence-electron chi connectivity index (χ4n) is 3.54. The van der Waals surface area contributed by atoms with Crippen molar-refractivity contribution in [3.05, 3.63) is 70.7 Å². The molecule has 0 aliphatic carbocycles. The van der Waals surface area contributed by atoms with Crippen LogP contribution in [0.25, 0.3) is 16.9 Å². The lowest BCUT2D eigenvalue weighted by Crippen LogP contribution is -2.26. The number of ether oxygens (including phenoxy) is 1. The third-order valence-electron chi connectivity index (χ3n) is 5.20. The summed E-state index contributed by atoms with van der Waals surface area (Å²) in [6.07, 6.45) is 3.34. The largest absolute Gasteiger partial charge is 0.446 e. The van der Waals surface area contributed by atoms with Gasteiger partial charge in [-0.2, -0.15) is 5.10 Å². The van der Waals surface area contributed by atoms with E-state index in [1.54, 1.807) is 29.0 Å². The normalized spacial score (nSPS) is 12.1. The van der Waals surface area contributed by atoms with Crippen molar-refractivity contribution in [3.63, 3.8) is 0 Å². The lowest BCUT2D eigenvalue weighted by molar-refractivity contribution is 0.0797. The second-order valence-electron chi connectivity index (χ2n) is 7.73. The Balaban J connectivity index is 1.61. The Bertz CT molecular complexity index is 1250. The highest BCUT2D eigenvalue weighted by atomic mass is 32.1. The smallest absolute Gasteiger partial charge is 0.411 e. The lowest BCUT2D eigenvalue weighted by atomic mass is 10.1. The number of nitrogens with one attached hydrogen (secondary N) is 1. The second-order valence-corrected chi connectivity index (χ2v) is 8.68. The molecule has 0 radical (unpaired) electrons. The molecule has 164 valence electrons. The molecule has 0 fully saturated rings. The van der Waals surface area contributed by atoms with E-state index in [9.17, 15) is 9.59 Å². The summed E-state index contributed by atoms with van der Waals surface area (Å²) >= 11 is 1.39. The number of ketones is 1. The molecular weight excluding hydrogens is 424 g/mol. The number of carbonyl (C=O) groups excluding carboxylic acids is 2. The Kier molecular flexibility index (Phi) is 6.32. The van der Waals surface area contributed by atoms with Gasteiger partial charge in [0, 0.05) is 17.4 Å². The molecule has 32 heavy (non-hydrogen) atoms. The van der Waals surface area contributed by atoms with Crippen molar-refractivity contribution >= 4 is 34.5 Å². The van der Waals surface area contributed by atoms with Crippen LogP contribution < -0.4 is 5.32 Å². The van der Waals surface area contributed by atoms with E-state index in [1.165, 1.54) is 11.3 Å². The van der Waals surface area contributed by atoms with Gasteiger partial charge in [0.25, 0.3) is 0 Å². The zero-order chi connectivity index (χ0) is 22.7. The summed E-state index contributed by atoms with van der Waals surface area (Å²) in [5, 5.41) is 9.08. The van der Waals surface area contributed by atoms with E-state index in [-0.39, 0.29) is 17.8 Å². The zero-order valence-corrected chi connectivity index (χ0v) is 18.9. The summed E-state index contributed by atoms with van der Waals surface area (Å²) in [6.45, 7) is 6.05. The maximum Gasteiger partial charge on any atom is 0.411 e. The summed E-state index contributed by atoms with van der Waals surface area (Å²) in [4.78, 5) is 30.2. The predicted molar refractivity (Wildman–Crippen MR) is 125 cm³/mol. The van der Waals surface area contributed by atoms with E-state index in [0.717, 1.165) is 17.7 Å². The molecule has 0 aliphatic heterocycles. The summed E-state index contributed by atoms with van der Waals surface area (Å²) in [6, 6.07) is 12.9. The highest BCUT2D eigenvalue weighted by Gasteiger charge is 2.19. The van der Waals surface area contributed by atoms with Crippen LogP contribution in [-0.2, 0) is 4.74 Å². The van der Waals surface area contributed by atoms with E-state index in [4.69, 9.17) is 4.74 Å². The summed E-state index contributed by atoms with van der Waals surface area (Å²) in [7, 11) is 0. The molecule has 4 rings (SSSR count). The summed E-state index contributed by atoms with van der Waals surface area (Å²) in [5.74, 6) is 0.140. The number of fused-ring (bicyclic) bond motifs is 1. The maximum atomic E-state index is 12.8. The third kappa shape index (κ3) is 4.40. The Morgan fingerprint density at radius 2 is 2.03 bits per heavy atom. The first-order chi connectivity index (χ1) is 15.5. The van der Waals surface area contributed by atoms with Crippen LogP contribution in [0.15, 0.2) is 60.2 Å². The monoisotopic (exact) mass is 448 g/mol. The van der Waals surface area contributed by atoms with Crippen molar-refractivity contribution in [2.45, 2.75) is 33.3 Å². The van der Waals surface area contributed by atoms with E-state index < -0.39 is 6.09 Å². The van der Waals surface area contributed by atoms with Crippen molar-refractivity contribution in [2.24, 2.45) is 5.92 Å². The number of anilines is 1. The highest BCUT2D eigenvalue weighted by molar-refractivity contribution is 7.12. The number of rotatable bonds is 7. The van der Waals surface area contributed by atoms with Crippen molar-refractivity contribution in [1.82, 2.24) is 14.6 Å². The molecule has 0 saturated carbocycles. The van der Waals surface area contributed by atoms with Gasteiger partial charge in [0.1, 0.15) is 6.10 Å². The molecule has 1 unspecified atom stereocenters. The zero-order valence-electron chi connectivity index (χ0n) is 18.1. The Morgan fingerprint density at radius 1 is 1.19 bits per heavy atom. The van der Waals surface area contributed by atoms with E-state index in [1.807, 2.05) is 56.5 Å². The van der Waals surface area contributed by atoms with Gasteiger partial charge >= 0.3 is 6.09 Å². The molecule has 1 amide bonds. The first-order valence-electron chi connectivity index (χ1n) is 10.5. The quantitative estimate of drug-likeness (QED) is 0.368. The SMILES string of the molecule is CCC(OC(=O)Nc1cccc(-c2ccnc3c(C(=O)c4cccs4)cnn23)c1)C(C)C. The number of benzene rings is 1. The Labute approximate surface area is 190 Å². The first kappa shape index (κ1) is 21.7. The number of hydrogen-bond donors (Lipinski definition) is 1. The van der Waals surface area contributed by atoms with Gasteiger partial charge < -0.3 is 4.74 Å². The molecule has 4 aromatic rings. The average Bonchev–Trinajstić information content (AvgIpc) is 3.47. The third-order valence-corrected chi connectivity index (χ3v) is 6.07. The minimum atomic E-state index is -0.481. The highest BCUT2D eigenvalue weighted by Crippen LogP contribution is 2.25. The fraction of sp³-hybridized carbons (Fsp3) is 0.250. The second kappa shape index (κ2) is 9.32. The number of aromatic nitrogens is 3. The average molecular weight is 449 g/mol. The van der Waals surface area contributed by atoms with Crippen LogP contribution in [0.4, 0.5) is 10.5 Å². The molecule has 1 N–H and O–H groups in total. The van der Waals surface area contributed by atoms with Crippen LogP contribution in [0.5, 0.6) is 0 Å². The number of amides is 1. The molecule has 8 heteroatoms. The number of carbonyl (C=O) groups is 2. The van der Waals surface area contributed by atoms with Crippen LogP contribution >= 0.6 is 11.3 Å². The minimum absolute atomic E-state index is 0.103. The van der Waals surface area contributed by atoms with Gasteiger partial charge in [0.15, 0.2) is 5.65 Å². The first-order valence-corrected chi connectivity index (χ1v) is 11.3. The molecule has 3 heterocycles. The molecular formula is C24H24N4O3S. The van der Waals surface area contributed by atoms with Crippen LogP contribution in [0, 0.1) is 5.92 Å². The van der Waals surface area contributed by atoms with Gasteiger partial charge in [-0.25, -0.2) is 14.3 Å². The summed E-state index contributed by atoms with van der Waals surface area (Å²) < 4.78 is 7.17. The van der Waals surface area contributed by atoms with Crippen molar-refractivity contribution in [1.29, 1.82) is 0 Å². The number of nitrogens with zero attached hydrogens (tertiary/aromatic N) is 3. The fourth-order valence-corrected chi connectivity index (χ4v) is 4.22. The molecule has 3 aromatic heterocycles. The van der Waals surface area contributed by atoms with Gasteiger partial charge in [0.2, 0.25) is 5.78 Å². The van der Waals surface area contributed by atoms with Crippen LogP contribution in [0.2, 0.25) is 0 Å². The van der Waals surface area contributed by atoms with Crippen molar-refractivity contribution in [2.75, 3.05) is 5.32 Å². The van der Waals surface area contributed by atoms with Crippen molar-refractivity contribution < 1.29 is 14.3 Å². The standard InChI is InChI=1S/C24H24N4O3S/c1-4-20(15(2)3)31-24(30)27-17-8-5-7-16(13-17)19-10-11-25-23-18(14-26-28(19)23)22(29)21-9-6-12-32-21/h5-15,20H,4H2,1-3H3,(H,27,30). The van der Waals surface area contributed by atoms with Gasteiger partial charge in [-0.15, -0.1) is 11.3 Å². The van der Waals surface area contributed by atoms with E-state index in [2.05, 4.69) is 15.4 Å². The van der Waals surface area contributed by atoms with Crippen molar-refractivity contribution in [3.8, 4) is 11.3 Å². The van der Waals surface area contributed by atoms with E-state index in [0.29, 0.717) is 21.8 Å². The molecule has 0 saturated heterocycles. The van der Waals surface area contributed by atoms with Gasteiger partial charge in [-0.1, -0.05) is 39.0 Å². The molecule has 0 bridgehead atoms. The maximum absolute atomic E-state index is 12.8. The van der Waals surface area contributed by atoms with Gasteiger partial charge in [-0.3, -0.25) is 10.1 Å². The lowest BCUT2D eigenvalue weighted by Gasteiger charge is -2.20. The Morgan fingerprint density at radius 3 is 2.75 bits per heavy atom. The topological polar surface area (TPSA) is 85.6 Å².